The molecule has 2 atom stereocenters. The maximum atomic E-state index is 9.19. The van der Waals surface area contributed by atoms with E-state index in [1.807, 2.05) is 12.1 Å². The Morgan fingerprint density at radius 2 is 2.36 bits per heavy atom. The van der Waals surface area contributed by atoms with Gasteiger partial charge < -0.3 is 10.4 Å². The SMILES string of the molecule is OC[C@H]1NCC[C@@H]1c1cccc(Br)c1. The van der Waals surface area contributed by atoms with Crippen LogP contribution in [0.15, 0.2) is 28.7 Å². The van der Waals surface area contributed by atoms with Crippen molar-refractivity contribution in [2.24, 2.45) is 0 Å². The van der Waals surface area contributed by atoms with Crippen LogP contribution < -0.4 is 5.32 Å². The first-order valence-corrected chi connectivity index (χ1v) is 5.70. The van der Waals surface area contributed by atoms with Gasteiger partial charge in [-0.1, -0.05) is 28.1 Å². The van der Waals surface area contributed by atoms with Crippen LogP contribution >= 0.6 is 15.9 Å². The van der Waals surface area contributed by atoms with Gasteiger partial charge in [0.25, 0.3) is 0 Å². The van der Waals surface area contributed by atoms with E-state index in [1.54, 1.807) is 0 Å². The van der Waals surface area contributed by atoms with Gasteiger partial charge in [0.2, 0.25) is 0 Å². The van der Waals surface area contributed by atoms with E-state index in [9.17, 15) is 5.11 Å². The molecule has 0 amide bonds. The second-order valence-electron chi connectivity index (χ2n) is 3.69. The lowest BCUT2D eigenvalue weighted by molar-refractivity contribution is 0.245. The van der Waals surface area contributed by atoms with Gasteiger partial charge in [0.1, 0.15) is 0 Å². The Labute approximate surface area is 92.5 Å². The minimum Gasteiger partial charge on any atom is -0.395 e. The van der Waals surface area contributed by atoms with Crippen LogP contribution in [0.5, 0.6) is 0 Å². The number of hydrogen-bond acceptors (Lipinski definition) is 2. The molecule has 14 heavy (non-hydrogen) atoms. The molecule has 2 nitrogen and oxygen atoms in total. The number of aliphatic hydroxyl groups is 1. The van der Waals surface area contributed by atoms with Gasteiger partial charge >= 0.3 is 0 Å². The smallest absolute Gasteiger partial charge is 0.0590 e. The normalized spacial score (nSPS) is 26.7. The fourth-order valence-corrected chi connectivity index (χ4v) is 2.51. The summed E-state index contributed by atoms with van der Waals surface area (Å²) in [7, 11) is 0. The molecular formula is C11H14BrNO. The molecule has 1 aliphatic heterocycles. The second-order valence-corrected chi connectivity index (χ2v) is 4.61. The number of benzene rings is 1. The molecule has 0 bridgehead atoms. The van der Waals surface area contributed by atoms with Crippen molar-refractivity contribution in [3.05, 3.63) is 34.3 Å². The van der Waals surface area contributed by atoms with Crippen LogP contribution in [0.25, 0.3) is 0 Å². The first-order valence-electron chi connectivity index (χ1n) is 4.91. The monoisotopic (exact) mass is 255 g/mol. The highest BCUT2D eigenvalue weighted by molar-refractivity contribution is 9.10. The van der Waals surface area contributed by atoms with Crippen molar-refractivity contribution in [3.8, 4) is 0 Å². The van der Waals surface area contributed by atoms with Crippen LogP contribution in [0.2, 0.25) is 0 Å². The third-order valence-corrected chi connectivity index (χ3v) is 3.31. The lowest BCUT2D eigenvalue weighted by Crippen LogP contribution is -2.29. The lowest BCUT2D eigenvalue weighted by Gasteiger charge is -2.17. The van der Waals surface area contributed by atoms with Crippen molar-refractivity contribution in [2.75, 3.05) is 13.2 Å². The molecule has 2 rings (SSSR count). The average molecular weight is 256 g/mol. The summed E-state index contributed by atoms with van der Waals surface area (Å²) in [6, 6.07) is 8.57. The van der Waals surface area contributed by atoms with E-state index >= 15 is 0 Å². The second kappa shape index (κ2) is 4.43. The lowest BCUT2D eigenvalue weighted by atomic mass is 9.92. The Balaban J connectivity index is 2.21. The van der Waals surface area contributed by atoms with Crippen LogP contribution in [0.3, 0.4) is 0 Å². The zero-order valence-electron chi connectivity index (χ0n) is 7.91. The number of halogens is 1. The largest absolute Gasteiger partial charge is 0.395 e. The Morgan fingerprint density at radius 3 is 3.07 bits per heavy atom. The highest BCUT2D eigenvalue weighted by Crippen LogP contribution is 2.28. The number of nitrogens with one attached hydrogen (secondary N) is 1. The molecular weight excluding hydrogens is 242 g/mol. The summed E-state index contributed by atoms with van der Waals surface area (Å²) in [5, 5.41) is 12.5. The van der Waals surface area contributed by atoms with Gasteiger partial charge in [-0.05, 0) is 30.7 Å². The van der Waals surface area contributed by atoms with Gasteiger partial charge in [-0.2, -0.15) is 0 Å². The van der Waals surface area contributed by atoms with Crippen LogP contribution in [0, 0.1) is 0 Å². The molecule has 1 aromatic rings. The van der Waals surface area contributed by atoms with Crippen LogP contribution in [0.1, 0.15) is 17.9 Å². The first kappa shape index (κ1) is 10.1. The molecule has 0 unspecified atom stereocenters. The van der Waals surface area contributed by atoms with E-state index in [1.165, 1.54) is 5.56 Å². The highest BCUT2D eigenvalue weighted by atomic mass is 79.9. The van der Waals surface area contributed by atoms with Crippen LogP contribution in [0.4, 0.5) is 0 Å². The predicted molar refractivity (Wildman–Crippen MR) is 60.4 cm³/mol. The highest BCUT2D eigenvalue weighted by Gasteiger charge is 2.27. The molecule has 0 aromatic heterocycles. The van der Waals surface area contributed by atoms with Crippen LogP contribution in [-0.2, 0) is 0 Å². The minimum atomic E-state index is 0.219. The number of hydrogen-bond donors (Lipinski definition) is 2. The summed E-state index contributed by atoms with van der Waals surface area (Å²) in [4.78, 5) is 0. The van der Waals surface area contributed by atoms with Gasteiger partial charge in [-0.25, -0.2) is 0 Å². The van der Waals surface area contributed by atoms with Crippen LogP contribution in [-0.4, -0.2) is 24.3 Å². The summed E-state index contributed by atoms with van der Waals surface area (Å²) >= 11 is 3.47. The van der Waals surface area contributed by atoms with Crippen molar-refractivity contribution in [3.63, 3.8) is 0 Å². The van der Waals surface area contributed by atoms with Crippen molar-refractivity contribution in [2.45, 2.75) is 18.4 Å². The molecule has 0 saturated carbocycles. The molecule has 2 N–H and O–H groups in total. The molecule has 1 fully saturated rings. The quantitative estimate of drug-likeness (QED) is 0.846. The summed E-state index contributed by atoms with van der Waals surface area (Å²) < 4.78 is 1.11. The maximum Gasteiger partial charge on any atom is 0.0590 e. The van der Waals surface area contributed by atoms with Gasteiger partial charge in [-0.3, -0.25) is 0 Å². The van der Waals surface area contributed by atoms with E-state index < -0.39 is 0 Å². The molecule has 1 aromatic carbocycles. The van der Waals surface area contributed by atoms with Gasteiger partial charge in [0.05, 0.1) is 6.61 Å². The molecule has 3 heteroatoms. The predicted octanol–water partition coefficient (Wildman–Crippen LogP) is 1.89. The summed E-state index contributed by atoms with van der Waals surface area (Å²) in [5.74, 6) is 0.456. The van der Waals surface area contributed by atoms with E-state index in [0.29, 0.717) is 5.92 Å². The van der Waals surface area contributed by atoms with Gasteiger partial charge in [0.15, 0.2) is 0 Å². The zero-order chi connectivity index (χ0) is 9.97. The summed E-state index contributed by atoms with van der Waals surface area (Å²) in [5.41, 5.74) is 1.31. The number of aliphatic hydroxyl groups excluding tert-OH is 1. The molecule has 0 aliphatic carbocycles. The Hall–Kier alpha value is -0.380. The molecule has 0 radical (unpaired) electrons. The zero-order valence-corrected chi connectivity index (χ0v) is 9.50. The fourth-order valence-electron chi connectivity index (χ4n) is 2.10. The summed E-state index contributed by atoms with van der Waals surface area (Å²) in [6.07, 6.45) is 1.11. The van der Waals surface area contributed by atoms with E-state index in [4.69, 9.17) is 0 Å². The van der Waals surface area contributed by atoms with E-state index in [0.717, 1.165) is 17.4 Å². The average Bonchev–Trinajstić information content (AvgIpc) is 2.65. The molecule has 1 aliphatic rings. The Bertz CT molecular complexity index is 316. The van der Waals surface area contributed by atoms with E-state index in [2.05, 4.69) is 33.4 Å². The fraction of sp³-hybridized carbons (Fsp3) is 0.455. The Kier molecular flexibility index (Phi) is 3.21. The van der Waals surface area contributed by atoms with Gasteiger partial charge in [0, 0.05) is 16.4 Å². The van der Waals surface area contributed by atoms with Crippen molar-refractivity contribution >= 4 is 15.9 Å². The van der Waals surface area contributed by atoms with E-state index in [-0.39, 0.29) is 12.6 Å². The van der Waals surface area contributed by atoms with Gasteiger partial charge in [-0.15, -0.1) is 0 Å². The first-order chi connectivity index (χ1) is 6.81. The number of rotatable bonds is 2. The third-order valence-electron chi connectivity index (χ3n) is 2.82. The molecule has 1 heterocycles. The molecule has 76 valence electrons. The van der Waals surface area contributed by atoms with Crippen molar-refractivity contribution in [1.82, 2.24) is 5.32 Å². The third kappa shape index (κ3) is 2.00. The Morgan fingerprint density at radius 1 is 1.50 bits per heavy atom. The molecule has 0 spiro atoms. The summed E-state index contributed by atoms with van der Waals surface area (Å²) in [6.45, 7) is 1.22. The standard InChI is InChI=1S/C11H14BrNO/c12-9-3-1-2-8(6-9)10-4-5-13-11(10)7-14/h1-3,6,10-11,13-14H,4-5,7H2/t10-,11-/m1/s1. The minimum absolute atomic E-state index is 0.219. The molecule has 1 saturated heterocycles. The van der Waals surface area contributed by atoms with Crippen molar-refractivity contribution < 1.29 is 5.11 Å². The maximum absolute atomic E-state index is 9.19. The van der Waals surface area contributed by atoms with Crippen molar-refractivity contribution in [1.29, 1.82) is 0 Å². The topological polar surface area (TPSA) is 32.3 Å².